The van der Waals surface area contributed by atoms with Crippen LogP contribution in [0.15, 0.2) is 41.3 Å². The molecular formula is C21H26N2O2S. The zero-order chi connectivity index (χ0) is 18.5. The number of anilines is 1. The van der Waals surface area contributed by atoms with Crippen molar-refractivity contribution in [2.45, 2.75) is 32.1 Å². The number of allylic oxidation sites excluding steroid dienone is 2. The fourth-order valence-electron chi connectivity index (χ4n) is 3.43. The maximum absolute atomic E-state index is 12.5. The lowest BCUT2D eigenvalue weighted by Gasteiger charge is -2.25. The van der Waals surface area contributed by atoms with E-state index in [-0.39, 0.29) is 11.1 Å². The zero-order valence-corrected chi connectivity index (χ0v) is 16.3. The Bertz CT molecular complexity index is 716. The number of carbonyl (C=O) groups is 2. The van der Waals surface area contributed by atoms with Crippen LogP contribution in [0.2, 0.25) is 0 Å². The minimum Gasteiger partial charge on any atom is -0.378 e. The van der Waals surface area contributed by atoms with Gasteiger partial charge in [0.1, 0.15) is 0 Å². The molecule has 1 aliphatic heterocycles. The van der Waals surface area contributed by atoms with Crippen LogP contribution in [0.3, 0.4) is 0 Å². The molecule has 0 bridgehead atoms. The highest BCUT2D eigenvalue weighted by molar-refractivity contribution is 8.18. The summed E-state index contributed by atoms with van der Waals surface area (Å²) in [5.41, 5.74) is 2.21. The third kappa shape index (κ3) is 4.58. The van der Waals surface area contributed by atoms with Gasteiger partial charge in [-0.25, -0.2) is 0 Å². The molecule has 1 aliphatic carbocycles. The van der Waals surface area contributed by atoms with Gasteiger partial charge < -0.3 is 4.90 Å². The van der Waals surface area contributed by atoms with Gasteiger partial charge in [0, 0.05) is 26.3 Å². The molecule has 1 saturated heterocycles. The summed E-state index contributed by atoms with van der Waals surface area (Å²) in [5, 5.41) is -0.129. The van der Waals surface area contributed by atoms with Crippen LogP contribution in [-0.4, -0.2) is 36.7 Å². The van der Waals surface area contributed by atoms with E-state index in [0.29, 0.717) is 17.4 Å². The van der Waals surface area contributed by atoms with Gasteiger partial charge in [-0.1, -0.05) is 43.5 Å². The Hall–Kier alpha value is -2.01. The fourth-order valence-corrected chi connectivity index (χ4v) is 4.23. The summed E-state index contributed by atoms with van der Waals surface area (Å²) in [7, 11) is 4.02. The van der Waals surface area contributed by atoms with Crippen molar-refractivity contribution in [1.29, 1.82) is 0 Å². The molecule has 0 atom stereocenters. The molecule has 2 amide bonds. The van der Waals surface area contributed by atoms with Crippen molar-refractivity contribution in [3.8, 4) is 0 Å². The van der Waals surface area contributed by atoms with Crippen molar-refractivity contribution in [1.82, 2.24) is 4.90 Å². The number of hydrogen-bond donors (Lipinski definition) is 0. The molecule has 0 aromatic heterocycles. The predicted molar refractivity (Wildman–Crippen MR) is 109 cm³/mol. The third-order valence-corrected chi connectivity index (χ3v) is 5.91. The number of amides is 2. The molecule has 0 N–H and O–H groups in total. The van der Waals surface area contributed by atoms with Gasteiger partial charge in [-0.15, -0.1) is 0 Å². The molecule has 1 aromatic rings. The number of benzene rings is 1. The zero-order valence-electron chi connectivity index (χ0n) is 15.5. The van der Waals surface area contributed by atoms with Crippen LogP contribution in [0, 0.1) is 5.92 Å². The first-order valence-electron chi connectivity index (χ1n) is 9.24. The van der Waals surface area contributed by atoms with Gasteiger partial charge in [0.05, 0.1) is 4.91 Å². The van der Waals surface area contributed by atoms with E-state index >= 15 is 0 Å². The molecule has 138 valence electrons. The Kier molecular flexibility index (Phi) is 6.20. The van der Waals surface area contributed by atoms with Crippen LogP contribution >= 0.6 is 11.8 Å². The van der Waals surface area contributed by atoms with E-state index in [1.54, 1.807) is 6.08 Å². The summed E-state index contributed by atoms with van der Waals surface area (Å²) in [6, 6.07) is 8.18. The van der Waals surface area contributed by atoms with E-state index in [4.69, 9.17) is 0 Å². The maximum atomic E-state index is 12.5. The molecule has 0 radical (unpaired) electrons. The first-order chi connectivity index (χ1) is 12.5. The van der Waals surface area contributed by atoms with Crippen LogP contribution in [0.5, 0.6) is 0 Å². The first-order valence-corrected chi connectivity index (χ1v) is 10.1. The van der Waals surface area contributed by atoms with Gasteiger partial charge in [0.25, 0.3) is 11.1 Å². The van der Waals surface area contributed by atoms with Crippen molar-refractivity contribution in [2.24, 2.45) is 5.92 Å². The molecular weight excluding hydrogens is 344 g/mol. The van der Waals surface area contributed by atoms with E-state index in [1.807, 2.05) is 38.4 Å². The van der Waals surface area contributed by atoms with Crippen LogP contribution in [0.4, 0.5) is 10.5 Å². The van der Waals surface area contributed by atoms with Gasteiger partial charge in [0.15, 0.2) is 0 Å². The topological polar surface area (TPSA) is 40.6 Å². The first kappa shape index (κ1) is 18.8. The molecule has 0 spiro atoms. The number of nitrogens with zero attached hydrogens (tertiary/aromatic N) is 2. The number of thioether (sulfide) groups is 1. The molecule has 3 rings (SSSR count). The molecule has 1 aromatic carbocycles. The van der Waals surface area contributed by atoms with E-state index in [2.05, 4.69) is 17.0 Å². The molecule has 1 heterocycles. The Morgan fingerprint density at radius 2 is 1.81 bits per heavy atom. The van der Waals surface area contributed by atoms with E-state index in [1.165, 1.54) is 24.2 Å². The van der Waals surface area contributed by atoms with E-state index < -0.39 is 0 Å². The summed E-state index contributed by atoms with van der Waals surface area (Å²) in [4.78, 5) is 28.7. The third-order valence-electron chi connectivity index (χ3n) is 4.98. The fraction of sp³-hybridized carbons (Fsp3) is 0.429. The van der Waals surface area contributed by atoms with E-state index in [0.717, 1.165) is 35.9 Å². The summed E-state index contributed by atoms with van der Waals surface area (Å²) in [6.45, 7) is 0.581. The summed E-state index contributed by atoms with van der Waals surface area (Å²) in [5.74, 6) is 0.334. The van der Waals surface area contributed by atoms with Gasteiger partial charge in [-0.05, 0) is 54.3 Å². The standard InChI is InChI=1S/C21H26N2O2S/c1-22(2)18-13-11-16(12-14-18)9-6-10-19-20(24)23(21(25)26-19)15-17-7-4-3-5-8-17/h6,9-14,17H,3-5,7-8,15H2,1-2H3/b9-6+,19-10+. The molecule has 5 heteroatoms. The second-order valence-corrected chi connectivity index (χ2v) is 8.16. The van der Waals surface area contributed by atoms with Gasteiger partial charge in [-0.3, -0.25) is 14.5 Å². The van der Waals surface area contributed by atoms with E-state index in [9.17, 15) is 9.59 Å². The largest absolute Gasteiger partial charge is 0.378 e. The quantitative estimate of drug-likeness (QED) is 0.690. The summed E-state index contributed by atoms with van der Waals surface area (Å²) < 4.78 is 0. The maximum Gasteiger partial charge on any atom is 0.293 e. The van der Waals surface area contributed by atoms with Crippen molar-refractivity contribution >= 4 is 34.7 Å². The molecule has 1 saturated carbocycles. The Morgan fingerprint density at radius 1 is 1.12 bits per heavy atom. The highest BCUT2D eigenvalue weighted by atomic mass is 32.2. The number of hydrogen-bond acceptors (Lipinski definition) is 4. The van der Waals surface area contributed by atoms with Crippen molar-refractivity contribution in [3.63, 3.8) is 0 Å². The SMILES string of the molecule is CN(C)c1ccc(/C=C/C=C2/SC(=O)N(CC3CCCCC3)C2=O)cc1. The highest BCUT2D eigenvalue weighted by Gasteiger charge is 2.36. The van der Waals surface area contributed by atoms with Crippen molar-refractivity contribution in [3.05, 3.63) is 46.9 Å². The molecule has 4 nitrogen and oxygen atoms in total. The smallest absolute Gasteiger partial charge is 0.293 e. The van der Waals surface area contributed by atoms with Crippen LogP contribution in [0.1, 0.15) is 37.7 Å². The average molecular weight is 371 g/mol. The predicted octanol–water partition coefficient (Wildman–Crippen LogP) is 4.93. The lowest BCUT2D eigenvalue weighted by molar-refractivity contribution is -0.123. The molecule has 0 unspecified atom stereocenters. The number of rotatable bonds is 5. The lowest BCUT2D eigenvalue weighted by Crippen LogP contribution is -2.34. The number of carbonyl (C=O) groups excluding carboxylic acids is 2. The minimum absolute atomic E-state index is 0.129. The van der Waals surface area contributed by atoms with Crippen LogP contribution in [0.25, 0.3) is 6.08 Å². The Labute approximate surface area is 159 Å². The van der Waals surface area contributed by atoms with Gasteiger partial charge >= 0.3 is 0 Å². The summed E-state index contributed by atoms with van der Waals surface area (Å²) >= 11 is 1.05. The van der Waals surface area contributed by atoms with Crippen LogP contribution < -0.4 is 4.90 Å². The molecule has 2 aliphatic rings. The van der Waals surface area contributed by atoms with Gasteiger partial charge in [-0.2, -0.15) is 0 Å². The Balaban J connectivity index is 1.61. The minimum atomic E-state index is -0.141. The van der Waals surface area contributed by atoms with Crippen molar-refractivity contribution < 1.29 is 9.59 Å². The highest BCUT2D eigenvalue weighted by Crippen LogP contribution is 2.33. The number of imide groups is 1. The normalized spacial score (nSPS) is 20.5. The average Bonchev–Trinajstić information content (AvgIpc) is 2.91. The van der Waals surface area contributed by atoms with Crippen LogP contribution in [-0.2, 0) is 4.79 Å². The second kappa shape index (κ2) is 8.58. The second-order valence-electron chi connectivity index (χ2n) is 7.16. The molecule has 2 fully saturated rings. The summed E-state index contributed by atoms with van der Waals surface area (Å²) in [6.07, 6.45) is 11.5. The molecule has 26 heavy (non-hydrogen) atoms. The van der Waals surface area contributed by atoms with Gasteiger partial charge in [0.2, 0.25) is 0 Å². The van der Waals surface area contributed by atoms with Crippen molar-refractivity contribution in [2.75, 3.05) is 25.5 Å². The Morgan fingerprint density at radius 3 is 2.46 bits per heavy atom. The monoisotopic (exact) mass is 370 g/mol. The lowest BCUT2D eigenvalue weighted by atomic mass is 9.89.